The fourth-order valence-corrected chi connectivity index (χ4v) is 3.79. The Morgan fingerprint density at radius 2 is 2.00 bits per heavy atom. The zero-order chi connectivity index (χ0) is 15.4. The molecular weight excluding hydrogens is 312 g/mol. The van der Waals surface area contributed by atoms with Crippen molar-refractivity contribution in [3.63, 3.8) is 0 Å². The lowest BCUT2D eigenvalue weighted by atomic mass is 9.96. The number of thiophene rings is 1. The van der Waals surface area contributed by atoms with E-state index >= 15 is 0 Å². The molecule has 0 saturated carbocycles. The van der Waals surface area contributed by atoms with E-state index in [-0.39, 0.29) is 11.8 Å². The van der Waals surface area contributed by atoms with Crippen molar-refractivity contribution in [3.05, 3.63) is 58.8 Å². The van der Waals surface area contributed by atoms with Gasteiger partial charge in [0.1, 0.15) is 0 Å². The van der Waals surface area contributed by atoms with E-state index < -0.39 is 0 Å². The van der Waals surface area contributed by atoms with Gasteiger partial charge in [0.15, 0.2) is 5.13 Å². The Kier molecular flexibility index (Phi) is 4.65. The monoisotopic (exact) mass is 328 g/mol. The molecule has 112 valence electrons. The van der Waals surface area contributed by atoms with Gasteiger partial charge < -0.3 is 5.32 Å². The molecule has 22 heavy (non-hydrogen) atoms. The summed E-state index contributed by atoms with van der Waals surface area (Å²) in [4.78, 5) is 18.1. The van der Waals surface area contributed by atoms with Crippen molar-refractivity contribution in [1.82, 2.24) is 4.98 Å². The minimum atomic E-state index is -0.143. The molecule has 0 aliphatic carbocycles. The molecule has 1 aromatic carbocycles. The summed E-state index contributed by atoms with van der Waals surface area (Å²) in [6.07, 6.45) is 0.763. The molecule has 1 amide bonds. The first kappa shape index (κ1) is 14.9. The Balaban J connectivity index is 1.73. The minimum Gasteiger partial charge on any atom is -0.301 e. The van der Waals surface area contributed by atoms with Crippen LogP contribution in [0.5, 0.6) is 0 Å². The van der Waals surface area contributed by atoms with E-state index in [1.165, 1.54) is 11.3 Å². The van der Waals surface area contributed by atoms with Crippen LogP contribution in [0.4, 0.5) is 5.13 Å². The SMILES string of the molecule is CCC(C(=O)Nc1nc(-c2cccs2)cs1)c1ccccc1. The Morgan fingerprint density at radius 1 is 1.18 bits per heavy atom. The third-order valence-electron chi connectivity index (χ3n) is 3.43. The molecule has 0 fully saturated rings. The summed E-state index contributed by atoms with van der Waals surface area (Å²) in [5.74, 6) is -0.143. The van der Waals surface area contributed by atoms with Crippen molar-refractivity contribution >= 4 is 33.7 Å². The smallest absolute Gasteiger partial charge is 0.233 e. The first-order valence-electron chi connectivity index (χ1n) is 7.13. The number of anilines is 1. The van der Waals surface area contributed by atoms with Crippen LogP contribution in [0.3, 0.4) is 0 Å². The fraction of sp³-hybridized carbons (Fsp3) is 0.176. The van der Waals surface area contributed by atoms with Gasteiger partial charge in [-0.3, -0.25) is 4.79 Å². The number of hydrogen-bond acceptors (Lipinski definition) is 4. The quantitative estimate of drug-likeness (QED) is 0.716. The second kappa shape index (κ2) is 6.85. The number of nitrogens with zero attached hydrogens (tertiary/aromatic N) is 1. The summed E-state index contributed by atoms with van der Waals surface area (Å²) < 4.78 is 0. The van der Waals surface area contributed by atoms with E-state index in [1.54, 1.807) is 11.3 Å². The summed E-state index contributed by atoms with van der Waals surface area (Å²) in [7, 11) is 0. The molecule has 0 bridgehead atoms. The summed E-state index contributed by atoms with van der Waals surface area (Å²) in [5.41, 5.74) is 1.96. The van der Waals surface area contributed by atoms with Gasteiger partial charge in [-0.1, -0.05) is 43.3 Å². The fourth-order valence-electron chi connectivity index (χ4n) is 2.32. The molecule has 2 aromatic heterocycles. The van der Waals surface area contributed by atoms with Crippen molar-refractivity contribution in [2.75, 3.05) is 5.32 Å². The van der Waals surface area contributed by atoms with Crippen molar-refractivity contribution in [3.8, 4) is 10.6 Å². The highest BCUT2D eigenvalue weighted by atomic mass is 32.1. The lowest BCUT2D eigenvalue weighted by molar-refractivity contribution is -0.117. The zero-order valence-corrected chi connectivity index (χ0v) is 13.8. The van der Waals surface area contributed by atoms with Gasteiger partial charge >= 0.3 is 0 Å². The van der Waals surface area contributed by atoms with Crippen LogP contribution in [-0.2, 0) is 4.79 Å². The maximum atomic E-state index is 12.5. The molecule has 0 saturated heterocycles. The van der Waals surface area contributed by atoms with Gasteiger partial charge in [0, 0.05) is 5.38 Å². The Morgan fingerprint density at radius 3 is 2.68 bits per heavy atom. The highest BCUT2D eigenvalue weighted by Crippen LogP contribution is 2.29. The van der Waals surface area contributed by atoms with E-state index in [0.717, 1.165) is 22.6 Å². The lowest BCUT2D eigenvalue weighted by Gasteiger charge is -2.14. The topological polar surface area (TPSA) is 42.0 Å². The number of aromatic nitrogens is 1. The van der Waals surface area contributed by atoms with E-state index in [4.69, 9.17) is 0 Å². The number of carbonyl (C=O) groups is 1. The third-order valence-corrected chi connectivity index (χ3v) is 5.08. The largest absolute Gasteiger partial charge is 0.301 e. The van der Waals surface area contributed by atoms with Crippen LogP contribution in [0, 0.1) is 0 Å². The van der Waals surface area contributed by atoms with E-state index in [2.05, 4.69) is 10.3 Å². The molecule has 3 rings (SSSR count). The number of benzene rings is 1. The number of nitrogens with one attached hydrogen (secondary N) is 1. The van der Waals surface area contributed by atoms with E-state index in [1.807, 2.05) is 60.1 Å². The summed E-state index contributed by atoms with van der Waals surface area (Å²) in [5, 5.41) is 7.60. The average Bonchev–Trinajstić information content (AvgIpc) is 3.20. The second-order valence-corrected chi connectivity index (χ2v) is 6.68. The van der Waals surface area contributed by atoms with Gasteiger partial charge in [-0.15, -0.1) is 22.7 Å². The summed E-state index contributed by atoms with van der Waals surface area (Å²) in [6.45, 7) is 2.02. The van der Waals surface area contributed by atoms with Crippen LogP contribution in [0.2, 0.25) is 0 Å². The second-order valence-electron chi connectivity index (χ2n) is 4.88. The molecule has 0 aliphatic rings. The molecule has 0 aliphatic heterocycles. The molecule has 3 nitrogen and oxygen atoms in total. The average molecular weight is 328 g/mol. The predicted molar refractivity (Wildman–Crippen MR) is 93.5 cm³/mol. The van der Waals surface area contributed by atoms with Crippen LogP contribution in [0.25, 0.3) is 10.6 Å². The molecule has 3 aromatic rings. The van der Waals surface area contributed by atoms with Crippen LogP contribution in [-0.4, -0.2) is 10.9 Å². The molecule has 5 heteroatoms. The highest BCUT2D eigenvalue weighted by Gasteiger charge is 2.19. The maximum absolute atomic E-state index is 12.5. The predicted octanol–water partition coefficient (Wildman–Crippen LogP) is 5.00. The minimum absolute atomic E-state index is 0.000722. The Bertz CT molecular complexity index is 735. The van der Waals surface area contributed by atoms with Crippen molar-refractivity contribution in [2.45, 2.75) is 19.3 Å². The number of hydrogen-bond donors (Lipinski definition) is 1. The van der Waals surface area contributed by atoms with Gasteiger partial charge in [-0.05, 0) is 23.4 Å². The normalized spacial score (nSPS) is 12.0. The number of thiazole rings is 1. The zero-order valence-electron chi connectivity index (χ0n) is 12.2. The third kappa shape index (κ3) is 3.26. The number of rotatable bonds is 5. The van der Waals surface area contributed by atoms with Crippen molar-refractivity contribution in [1.29, 1.82) is 0 Å². The van der Waals surface area contributed by atoms with Crippen LogP contribution in [0.1, 0.15) is 24.8 Å². The van der Waals surface area contributed by atoms with Crippen LogP contribution >= 0.6 is 22.7 Å². The van der Waals surface area contributed by atoms with Gasteiger partial charge in [0.25, 0.3) is 0 Å². The molecule has 1 N–H and O–H groups in total. The first-order valence-corrected chi connectivity index (χ1v) is 8.89. The molecule has 1 atom stereocenters. The van der Waals surface area contributed by atoms with Gasteiger partial charge in [-0.25, -0.2) is 4.98 Å². The first-order chi connectivity index (χ1) is 10.8. The van der Waals surface area contributed by atoms with Gasteiger partial charge in [0.05, 0.1) is 16.5 Å². The van der Waals surface area contributed by atoms with Crippen LogP contribution < -0.4 is 5.32 Å². The molecule has 1 unspecified atom stereocenters. The van der Waals surface area contributed by atoms with E-state index in [9.17, 15) is 4.79 Å². The molecule has 2 heterocycles. The highest BCUT2D eigenvalue weighted by molar-refractivity contribution is 7.16. The molecular formula is C17H16N2OS2. The van der Waals surface area contributed by atoms with Crippen molar-refractivity contribution < 1.29 is 4.79 Å². The van der Waals surface area contributed by atoms with Crippen LogP contribution in [0.15, 0.2) is 53.2 Å². The molecule has 0 spiro atoms. The standard InChI is InChI=1S/C17H16N2OS2/c1-2-13(12-7-4-3-5-8-12)16(20)19-17-18-14(11-22-17)15-9-6-10-21-15/h3-11,13H,2H2,1H3,(H,18,19,20). The summed E-state index contributed by atoms with van der Waals surface area (Å²) in [6, 6.07) is 13.9. The number of amides is 1. The Hall–Kier alpha value is -1.98. The van der Waals surface area contributed by atoms with E-state index in [0.29, 0.717) is 5.13 Å². The molecule has 0 radical (unpaired) electrons. The maximum Gasteiger partial charge on any atom is 0.233 e. The Labute approximate surface area is 137 Å². The summed E-state index contributed by atoms with van der Waals surface area (Å²) >= 11 is 3.11. The van der Waals surface area contributed by atoms with Gasteiger partial charge in [-0.2, -0.15) is 0 Å². The number of carbonyl (C=O) groups excluding carboxylic acids is 1. The lowest BCUT2D eigenvalue weighted by Crippen LogP contribution is -2.20. The van der Waals surface area contributed by atoms with Crippen molar-refractivity contribution in [2.24, 2.45) is 0 Å². The van der Waals surface area contributed by atoms with Gasteiger partial charge in [0.2, 0.25) is 5.91 Å².